The molecule has 0 heterocycles. The molecular formula is C13H16N2O. The van der Waals surface area contributed by atoms with Crippen molar-refractivity contribution in [2.45, 2.75) is 6.92 Å². The summed E-state index contributed by atoms with van der Waals surface area (Å²) in [5.41, 5.74) is 1.62. The molecule has 0 aliphatic rings. The van der Waals surface area contributed by atoms with Gasteiger partial charge in [0.1, 0.15) is 0 Å². The highest BCUT2D eigenvalue weighted by Crippen LogP contribution is 2.03. The number of hydrazine groups is 1. The summed E-state index contributed by atoms with van der Waals surface area (Å²) in [6, 6.07) is 10.3. The van der Waals surface area contributed by atoms with Crippen LogP contribution in [0.2, 0.25) is 0 Å². The predicted molar refractivity (Wildman–Crippen MR) is 64.8 cm³/mol. The zero-order chi connectivity index (χ0) is 12.1. The maximum absolute atomic E-state index is 11.1. The highest BCUT2D eigenvalue weighted by molar-refractivity contribution is 5.94. The van der Waals surface area contributed by atoms with Gasteiger partial charge in [0.2, 0.25) is 0 Å². The zero-order valence-corrected chi connectivity index (χ0v) is 10.1. The maximum atomic E-state index is 11.1. The van der Waals surface area contributed by atoms with Crippen LogP contribution in [0, 0.1) is 12.0 Å². The van der Waals surface area contributed by atoms with E-state index >= 15 is 0 Å². The first-order valence-corrected chi connectivity index (χ1v) is 5.04. The molecule has 1 rings (SSSR count). The van der Waals surface area contributed by atoms with Gasteiger partial charge in [-0.1, -0.05) is 12.1 Å². The number of nitrogens with zero attached hydrogens (tertiary/aromatic N) is 2. The van der Waals surface area contributed by atoms with Crippen molar-refractivity contribution in [2.75, 3.05) is 21.1 Å². The summed E-state index contributed by atoms with van der Waals surface area (Å²) in [4.78, 5) is 11.1. The van der Waals surface area contributed by atoms with E-state index in [4.69, 9.17) is 0 Å². The lowest BCUT2D eigenvalue weighted by Gasteiger charge is -2.18. The first kappa shape index (κ1) is 12.3. The number of ketones is 1. The summed E-state index contributed by atoms with van der Waals surface area (Å²) in [6.45, 7) is 1.56. The average Bonchev–Trinajstić information content (AvgIpc) is 2.26. The van der Waals surface area contributed by atoms with Gasteiger partial charge in [0.05, 0.1) is 0 Å². The van der Waals surface area contributed by atoms with E-state index in [1.54, 1.807) is 24.1 Å². The minimum absolute atomic E-state index is 0.0740. The Labute approximate surface area is 96.6 Å². The quantitative estimate of drug-likeness (QED) is 0.325. The molecule has 3 nitrogen and oxygen atoms in total. The van der Waals surface area contributed by atoms with Gasteiger partial charge in [-0.25, -0.2) is 5.01 Å². The number of rotatable bonds is 2. The predicted octanol–water partition coefficient (Wildman–Crippen LogP) is 1.61. The molecular weight excluding hydrogens is 200 g/mol. The van der Waals surface area contributed by atoms with Crippen LogP contribution < -0.4 is 0 Å². The molecule has 16 heavy (non-hydrogen) atoms. The summed E-state index contributed by atoms with van der Waals surface area (Å²) in [5, 5.41) is 3.68. The second-order valence-corrected chi connectivity index (χ2v) is 3.74. The monoisotopic (exact) mass is 216 g/mol. The topological polar surface area (TPSA) is 23.6 Å². The molecule has 0 radical (unpaired) electrons. The molecule has 0 bridgehead atoms. The molecule has 0 N–H and O–H groups in total. The number of carbonyl (C=O) groups excluding carboxylic acids is 1. The second-order valence-electron chi connectivity index (χ2n) is 3.74. The SMILES string of the molecule is CC(=O)c1ccc(C#CN(C)N(C)C)cc1. The van der Waals surface area contributed by atoms with E-state index in [1.807, 2.05) is 38.3 Å². The molecule has 0 aliphatic carbocycles. The Balaban J connectivity index is 2.79. The lowest BCUT2D eigenvalue weighted by molar-refractivity contribution is 0.101. The van der Waals surface area contributed by atoms with E-state index in [0.717, 1.165) is 5.56 Å². The van der Waals surface area contributed by atoms with Crippen molar-refractivity contribution in [3.8, 4) is 12.0 Å². The van der Waals surface area contributed by atoms with Gasteiger partial charge in [-0.2, -0.15) is 0 Å². The number of benzene rings is 1. The normalized spacial score (nSPS) is 9.56. The maximum Gasteiger partial charge on any atom is 0.159 e. The van der Waals surface area contributed by atoms with E-state index in [-0.39, 0.29) is 5.78 Å². The molecule has 1 aromatic rings. The lowest BCUT2D eigenvalue weighted by Crippen LogP contribution is -2.28. The van der Waals surface area contributed by atoms with Gasteiger partial charge in [-0.05, 0) is 25.0 Å². The van der Waals surface area contributed by atoms with Crippen LogP contribution in [0.4, 0.5) is 0 Å². The van der Waals surface area contributed by atoms with Crippen LogP contribution in [-0.2, 0) is 0 Å². The fraction of sp³-hybridized carbons (Fsp3) is 0.308. The minimum Gasteiger partial charge on any atom is -0.295 e. The summed E-state index contributed by atoms with van der Waals surface area (Å²) < 4.78 is 0. The minimum atomic E-state index is 0.0740. The lowest BCUT2D eigenvalue weighted by atomic mass is 10.1. The van der Waals surface area contributed by atoms with E-state index < -0.39 is 0 Å². The Morgan fingerprint density at radius 3 is 2.12 bits per heavy atom. The van der Waals surface area contributed by atoms with Crippen molar-refractivity contribution in [1.82, 2.24) is 10.0 Å². The van der Waals surface area contributed by atoms with Crippen molar-refractivity contribution in [3.63, 3.8) is 0 Å². The van der Waals surface area contributed by atoms with Gasteiger partial charge in [-0.15, -0.1) is 0 Å². The Bertz CT molecular complexity index is 423. The molecule has 0 aliphatic heterocycles. The molecule has 84 valence electrons. The van der Waals surface area contributed by atoms with Gasteiger partial charge in [-0.3, -0.25) is 9.80 Å². The van der Waals surface area contributed by atoms with Crippen molar-refractivity contribution >= 4 is 5.78 Å². The summed E-state index contributed by atoms with van der Waals surface area (Å²) in [6.07, 6.45) is 0. The molecule has 0 fully saturated rings. The van der Waals surface area contributed by atoms with Crippen molar-refractivity contribution in [2.24, 2.45) is 0 Å². The van der Waals surface area contributed by atoms with Crippen LogP contribution in [0.15, 0.2) is 24.3 Å². The largest absolute Gasteiger partial charge is 0.295 e. The van der Waals surface area contributed by atoms with Gasteiger partial charge in [0, 0.05) is 38.3 Å². The Kier molecular flexibility index (Phi) is 4.10. The third-order valence-electron chi connectivity index (χ3n) is 2.25. The summed E-state index contributed by atoms with van der Waals surface area (Å²) >= 11 is 0. The molecule has 0 saturated carbocycles. The highest BCUT2D eigenvalue weighted by atomic mass is 16.1. The molecule has 0 saturated heterocycles. The number of hydrogen-bond donors (Lipinski definition) is 0. The van der Waals surface area contributed by atoms with E-state index in [2.05, 4.69) is 12.0 Å². The average molecular weight is 216 g/mol. The second kappa shape index (κ2) is 5.34. The third kappa shape index (κ3) is 3.41. The molecule has 0 amide bonds. The Hall–Kier alpha value is -1.79. The standard InChI is InChI=1S/C13H16N2O/c1-11(16)13-7-5-12(6-8-13)9-10-15(4)14(2)3/h5-8H,1-4H3. The molecule has 1 aromatic carbocycles. The van der Waals surface area contributed by atoms with E-state index in [1.165, 1.54) is 0 Å². The third-order valence-corrected chi connectivity index (χ3v) is 2.25. The van der Waals surface area contributed by atoms with Crippen molar-refractivity contribution < 1.29 is 4.79 Å². The Morgan fingerprint density at radius 1 is 1.12 bits per heavy atom. The summed E-state index contributed by atoms with van der Waals surface area (Å²) in [7, 11) is 5.73. The Morgan fingerprint density at radius 2 is 1.69 bits per heavy atom. The van der Waals surface area contributed by atoms with Crippen LogP contribution >= 0.6 is 0 Å². The molecule has 0 spiro atoms. The highest BCUT2D eigenvalue weighted by Gasteiger charge is 1.97. The first-order chi connectivity index (χ1) is 7.50. The van der Waals surface area contributed by atoms with Gasteiger partial charge in [0.25, 0.3) is 0 Å². The fourth-order valence-corrected chi connectivity index (χ4v) is 1.03. The van der Waals surface area contributed by atoms with Gasteiger partial charge < -0.3 is 0 Å². The first-order valence-electron chi connectivity index (χ1n) is 5.04. The smallest absolute Gasteiger partial charge is 0.159 e. The van der Waals surface area contributed by atoms with Crippen LogP contribution in [0.5, 0.6) is 0 Å². The molecule has 0 unspecified atom stereocenters. The molecule has 3 heteroatoms. The summed E-state index contributed by atoms with van der Waals surface area (Å²) in [5.74, 6) is 3.09. The van der Waals surface area contributed by atoms with Crippen LogP contribution in [-0.4, -0.2) is 36.9 Å². The van der Waals surface area contributed by atoms with Crippen molar-refractivity contribution in [3.05, 3.63) is 35.4 Å². The van der Waals surface area contributed by atoms with Gasteiger partial charge >= 0.3 is 0 Å². The van der Waals surface area contributed by atoms with Crippen molar-refractivity contribution in [1.29, 1.82) is 0 Å². The molecule has 0 atom stereocenters. The van der Waals surface area contributed by atoms with Crippen LogP contribution in [0.1, 0.15) is 22.8 Å². The molecule has 0 aromatic heterocycles. The number of hydrogen-bond acceptors (Lipinski definition) is 3. The van der Waals surface area contributed by atoms with Crippen LogP contribution in [0.3, 0.4) is 0 Å². The van der Waals surface area contributed by atoms with Gasteiger partial charge in [0.15, 0.2) is 5.78 Å². The zero-order valence-electron chi connectivity index (χ0n) is 10.1. The number of Topliss-reactive ketones (excluding diaryl/α,β-unsaturated/α-hetero) is 1. The number of carbonyl (C=O) groups is 1. The van der Waals surface area contributed by atoms with E-state index in [9.17, 15) is 4.79 Å². The fourth-order valence-electron chi connectivity index (χ4n) is 1.03. The van der Waals surface area contributed by atoms with Crippen LogP contribution in [0.25, 0.3) is 0 Å². The van der Waals surface area contributed by atoms with E-state index in [0.29, 0.717) is 5.56 Å².